The molecule has 2 N–H and O–H groups in total. The van der Waals surface area contributed by atoms with Crippen molar-refractivity contribution in [1.29, 1.82) is 0 Å². The Bertz CT molecular complexity index is 466. The minimum Gasteiger partial charge on any atom is -0.389 e. The van der Waals surface area contributed by atoms with Gasteiger partial charge in [0, 0.05) is 31.9 Å². The Morgan fingerprint density at radius 3 is 2.48 bits per heavy atom. The largest absolute Gasteiger partial charge is 0.389 e. The quantitative estimate of drug-likeness (QED) is 0.877. The predicted molar refractivity (Wildman–Crippen MR) is 86.2 cm³/mol. The van der Waals surface area contributed by atoms with E-state index in [1.807, 2.05) is 11.7 Å². The molecule has 1 heterocycles. The summed E-state index contributed by atoms with van der Waals surface area (Å²) in [4.78, 5) is 0. The first-order valence-corrected chi connectivity index (χ1v) is 8.16. The summed E-state index contributed by atoms with van der Waals surface area (Å²) in [7, 11) is 1.96. The SMILES string of the molecule is CC(C)c1nn(C)cc1CNCC1(O)CCC(C)(C)CC1. The van der Waals surface area contributed by atoms with Crippen LogP contribution in [0.2, 0.25) is 0 Å². The molecule has 4 heteroatoms. The number of rotatable bonds is 5. The van der Waals surface area contributed by atoms with Crippen LogP contribution in [0.25, 0.3) is 0 Å². The number of aryl methyl sites for hydroxylation is 1. The lowest BCUT2D eigenvalue weighted by atomic mass is 9.71. The van der Waals surface area contributed by atoms with Crippen molar-refractivity contribution in [2.24, 2.45) is 12.5 Å². The van der Waals surface area contributed by atoms with E-state index in [0.717, 1.165) is 37.9 Å². The maximum absolute atomic E-state index is 10.7. The maximum atomic E-state index is 10.7. The molecule has 0 saturated heterocycles. The van der Waals surface area contributed by atoms with Crippen LogP contribution in [-0.2, 0) is 13.6 Å². The molecule has 4 nitrogen and oxygen atoms in total. The second-order valence-electron chi connectivity index (χ2n) is 7.86. The van der Waals surface area contributed by atoms with Crippen LogP contribution in [0.5, 0.6) is 0 Å². The molecule has 0 aliphatic heterocycles. The van der Waals surface area contributed by atoms with Crippen molar-refractivity contribution >= 4 is 0 Å². The Balaban J connectivity index is 1.87. The van der Waals surface area contributed by atoms with Gasteiger partial charge in [-0.2, -0.15) is 5.10 Å². The van der Waals surface area contributed by atoms with Gasteiger partial charge in [-0.1, -0.05) is 27.7 Å². The van der Waals surface area contributed by atoms with Gasteiger partial charge in [-0.25, -0.2) is 0 Å². The van der Waals surface area contributed by atoms with Gasteiger partial charge >= 0.3 is 0 Å². The van der Waals surface area contributed by atoms with Gasteiger partial charge in [0.1, 0.15) is 0 Å². The molecule has 21 heavy (non-hydrogen) atoms. The summed E-state index contributed by atoms with van der Waals surface area (Å²) in [6.45, 7) is 10.4. The molecule has 0 spiro atoms. The third-order valence-corrected chi connectivity index (χ3v) is 4.79. The standard InChI is InChI=1S/C17H31N3O/c1-13(2)15-14(11-20(5)19-15)10-18-12-17(21)8-6-16(3,4)7-9-17/h11,13,18,21H,6-10,12H2,1-5H3. The van der Waals surface area contributed by atoms with Gasteiger partial charge in [-0.05, 0) is 37.0 Å². The minimum absolute atomic E-state index is 0.389. The summed E-state index contributed by atoms with van der Waals surface area (Å²) < 4.78 is 1.88. The molecule has 0 unspecified atom stereocenters. The van der Waals surface area contributed by atoms with Crippen molar-refractivity contribution in [3.8, 4) is 0 Å². The molecule has 1 saturated carbocycles. The minimum atomic E-state index is -0.532. The fourth-order valence-electron chi connectivity index (χ4n) is 3.18. The van der Waals surface area contributed by atoms with E-state index in [1.54, 1.807) is 0 Å². The van der Waals surface area contributed by atoms with E-state index < -0.39 is 5.60 Å². The van der Waals surface area contributed by atoms with Gasteiger partial charge in [-0.15, -0.1) is 0 Å². The lowest BCUT2D eigenvalue weighted by molar-refractivity contribution is -0.0245. The average Bonchev–Trinajstić information content (AvgIpc) is 2.75. The summed E-state index contributed by atoms with van der Waals surface area (Å²) in [5.74, 6) is 0.432. The Morgan fingerprint density at radius 1 is 1.29 bits per heavy atom. The van der Waals surface area contributed by atoms with Gasteiger partial charge in [0.2, 0.25) is 0 Å². The first kappa shape index (κ1) is 16.5. The molecule has 0 atom stereocenters. The number of aliphatic hydroxyl groups is 1. The highest BCUT2D eigenvalue weighted by atomic mass is 16.3. The fourth-order valence-corrected chi connectivity index (χ4v) is 3.18. The number of nitrogens with one attached hydrogen (secondary N) is 1. The van der Waals surface area contributed by atoms with Gasteiger partial charge in [0.25, 0.3) is 0 Å². The van der Waals surface area contributed by atoms with Crippen molar-refractivity contribution < 1.29 is 5.11 Å². The second-order valence-corrected chi connectivity index (χ2v) is 7.86. The Hall–Kier alpha value is -0.870. The molecule has 1 aliphatic carbocycles. The molecule has 1 aliphatic rings. The van der Waals surface area contributed by atoms with Crippen LogP contribution in [0.15, 0.2) is 6.20 Å². The highest BCUT2D eigenvalue weighted by Crippen LogP contribution is 2.39. The maximum Gasteiger partial charge on any atom is 0.0772 e. The first-order chi connectivity index (χ1) is 9.71. The van der Waals surface area contributed by atoms with Gasteiger partial charge < -0.3 is 10.4 Å². The van der Waals surface area contributed by atoms with E-state index >= 15 is 0 Å². The van der Waals surface area contributed by atoms with Crippen molar-refractivity contribution in [3.05, 3.63) is 17.5 Å². The highest BCUT2D eigenvalue weighted by molar-refractivity contribution is 5.20. The molecular weight excluding hydrogens is 262 g/mol. The van der Waals surface area contributed by atoms with Gasteiger partial charge in [0.15, 0.2) is 0 Å². The Morgan fingerprint density at radius 2 is 1.90 bits per heavy atom. The third-order valence-electron chi connectivity index (χ3n) is 4.79. The van der Waals surface area contributed by atoms with E-state index in [2.05, 4.69) is 44.3 Å². The van der Waals surface area contributed by atoms with Crippen molar-refractivity contribution in [2.75, 3.05) is 6.54 Å². The normalized spacial score (nSPS) is 20.9. The number of aromatic nitrogens is 2. The van der Waals surface area contributed by atoms with E-state index in [0.29, 0.717) is 17.9 Å². The number of nitrogens with zero attached hydrogens (tertiary/aromatic N) is 2. The zero-order valence-electron chi connectivity index (χ0n) is 14.2. The van der Waals surface area contributed by atoms with Crippen LogP contribution in [-0.4, -0.2) is 27.0 Å². The van der Waals surface area contributed by atoms with Crippen molar-refractivity contribution in [1.82, 2.24) is 15.1 Å². The van der Waals surface area contributed by atoms with Crippen LogP contribution in [0.4, 0.5) is 0 Å². The molecule has 0 bridgehead atoms. The van der Waals surface area contributed by atoms with Gasteiger partial charge in [-0.3, -0.25) is 4.68 Å². The van der Waals surface area contributed by atoms with Crippen LogP contribution >= 0.6 is 0 Å². The predicted octanol–water partition coefficient (Wildman–Crippen LogP) is 2.96. The van der Waals surface area contributed by atoms with Crippen molar-refractivity contribution in [3.63, 3.8) is 0 Å². The summed E-state index contributed by atoms with van der Waals surface area (Å²) in [5, 5.41) is 18.7. The second kappa shape index (κ2) is 6.09. The smallest absolute Gasteiger partial charge is 0.0772 e. The lowest BCUT2D eigenvalue weighted by Gasteiger charge is -2.40. The van der Waals surface area contributed by atoms with Crippen LogP contribution in [0.3, 0.4) is 0 Å². The highest BCUT2D eigenvalue weighted by Gasteiger charge is 2.36. The molecule has 1 aromatic heterocycles. The molecule has 1 fully saturated rings. The Labute approximate surface area is 128 Å². The molecule has 120 valence electrons. The summed E-state index contributed by atoms with van der Waals surface area (Å²) in [6, 6.07) is 0. The monoisotopic (exact) mass is 293 g/mol. The van der Waals surface area contributed by atoms with E-state index in [-0.39, 0.29) is 0 Å². The molecular formula is C17H31N3O. The van der Waals surface area contributed by atoms with Crippen LogP contribution < -0.4 is 5.32 Å². The molecule has 2 rings (SSSR count). The van der Waals surface area contributed by atoms with Crippen LogP contribution in [0, 0.1) is 5.41 Å². The van der Waals surface area contributed by atoms with Gasteiger partial charge in [0.05, 0.1) is 11.3 Å². The number of hydrogen-bond acceptors (Lipinski definition) is 3. The van der Waals surface area contributed by atoms with E-state index in [9.17, 15) is 5.11 Å². The Kier molecular flexibility index (Phi) is 4.79. The number of hydrogen-bond donors (Lipinski definition) is 2. The summed E-state index contributed by atoms with van der Waals surface area (Å²) >= 11 is 0. The molecule has 0 aromatic carbocycles. The molecule has 0 radical (unpaired) electrons. The first-order valence-electron chi connectivity index (χ1n) is 8.16. The van der Waals surface area contributed by atoms with Crippen molar-refractivity contribution in [2.45, 2.75) is 71.4 Å². The molecule has 0 amide bonds. The fraction of sp³-hybridized carbons (Fsp3) is 0.824. The van der Waals surface area contributed by atoms with E-state index in [4.69, 9.17) is 0 Å². The van der Waals surface area contributed by atoms with E-state index in [1.165, 1.54) is 5.56 Å². The summed E-state index contributed by atoms with van der Waals surface area (Å²) in [6.07, 6.45) is 6.09. The lowest BCUT2D eigenvalue weighted by Crippen LogP contribution is -2.44. The molecule has 1 aromatic rings. The zero-order chi connectivity index (χ0) is 15.7. The summed E-state index contributed by atoms with van der Waals surface area (Å²) in [5.41, 5.74) is 2.25. The zero-order valence-corrected chi connectivity index (χ0v) is 14.2. The average molecular weight is 293 g/mol. The van der Waals surface area contributed by atoms with Crippen LogP contribution in [0.1, 0.15) is 70.6 Å². The topological polar surface area (TPSA) is 50.1 Å². The third kappa shape index (κ3) is 4.30.